The minimum Gasteiger partial charge on any atom is -0.352 e. The van der Waals surface area contributed by atoms with Crippen molar-refractivity contribution in [2.75, 3.05) is 36.0 Å². The molecule has 1 aliphatic heterocycles. The maximum Gasteiger partial charge on any atom is 0.178 e. The van der Waals surface area contributed by atoms with Gasteiger partial charge < -0.3 is 9.80 Å². The molecule has 0 amide bonds. The SMILES string of the molecule is Cc1nnc2ccc(N3CCN(c4ccc(-c5cccnc5)nn4)CC3)nn12. The number of fused-ring (bicyclic) bond motifs is 1. The number of hydrogen-bond donors (Lipinski definition) is 0. The largest absolute Gasteiger partial charge is 0.352 e. The predicted octanol–water partition coefficient (Wildman–Crippen LogP) is 1.61. The molecule has 4 aromatic heterocycles. The number of pyridine rings is 1. The Morgan fingerprint density at radius 2 is 1.57 bits per heavy atom. The molecule has 0 unspecified atom stereocenters. The van der Waals surface area contributed by atoms with Gasteiger partial charge in [0, 0.05) is 44.1 Å². The maximum absolute atomic E-state index is 4.67. The monoisotopic (exact) mass is 373 g/mol. The van der Waals surface area contributed by atoms with Gasteiger partial charge in [0.2, 0.25) is 0 Å². The number of anilines is 2. The second-order valence-electron chi connectivity index (χ2n) is 6.70. The van der Waals surface area contributed by atoms with E-state index in [2.05, 4.69) is 40.3 Å². The Hall–Kier alpha value is -3.62. The van der Waals surface area contributed by atoms with E-state index in [4.69, 9.17) is 0 Å². The molecule has 5 rings (SSSR count). The Bertz CT molecular complexity index is 1080. The molecular formula is C19H19N9. The lowest BCUT2D eigenvalue weighted by Crippen LogP contribution is -2.47. The number of rotatable bonds is 3. The Labute approximate surface area is 161 Å². The lowest BCUT2D eigenvalue weighted by atomic mass is 10.2. The summed E-state index contributed by atoms with van der Waals surface area (Å²) in [4.78, 5) is 8.65. The molecule has 0 atom stereocenters. The summed E-state index contributed by atoms with van der Waals surface area (Å²) in [7, 11) is 0. The summed E-state index contributed by atoms with van der Waals surface area (Å²) in [5, 5.41) is 21.6. The van der Waals surface area contributed by atoms with Gasteiger partial charge in [-0.2, -0.15) is 4.52 Å². The second-order valence-corrected chi connectivity index (χ2v) is 6.70. The third-order valence-electron chi connectivity index (χ3n) is 4.94. The van der Waals surface area contributed by atoms with Crippen LogP contribution >= 0.6 is 0 Å². The summed E-state index contributed by atoms with van der Waals surface area (Å²) in [6, 6.07) is 11.9. The summed E-state index contributed by atoms with van der Waals surface area (Å²) in [5.74, 6) is 2.62. The Morgan fingerprint density at radius 3 is 2.29 bits per heavy atom. The van der Waals surface area contributed by atoms with Crippen LogP contribution in [-0.2, 0) is 0 Å². The molecule has 0 aromatic carbocycles. The van der Waals surface area contributed by atoms with Crippen molar-refractivity contribution in [3.05, 3.63) is 54.6 Å². The summed E-state index contributed by atoms with van der Waals surface area (Å²) in [6.45, 7) is 5.36. The van der Waals surface area contributed by atoms with Crippen molar-refractivity contribution in [1.29, 1.82) is 0 Å². The van der Waals surface area contributed by atoms with Crippen LogP contribution in [-0.4, -0.2) is 61.2 Å². The van der Waals surface area contributed by atoms with Crippen LogP contribution in [0.1, 0.15) is 5.82 Å². The highest BCUT2D eigenvalue weighted by molar-refractivity contribution is 5.58. The lowest BCUT2D eigenvalue weighted by molar-refractivity contribution is 0.632. The number of hydrogen-bond acceptors (Lipinski definition) is 8. The molecule has 4 aromatic rings. The van der Waals surface area contributed by atoms with Gasteiger partial charge >= 0.3 is 0 Å². The van der Waals surface area contributed by atoms with Crippen molar-refractivity contribution in [2.45, 2.75) is 6.92 Å². The van der Waals surface area contributed by atoms with Gasteiger partial charge in [0.05, 0.1) is 5.69 Å². The summed E-state index contributed by atoms with van der Waals surface area (Å²) >= 11 is 0. The van der Waals surface area contributed by atoms with Crippen molar-refractivity contribution in [2.24, 2.45) is 0 Å². The fourth-order valence-electron chi connectivity index (χ4n) is 3.38. The van der Waals surface area contributed by atoms with Crippen LogP contribution in [0.3, 0.4) is 0 Å². The molecule has 0 spiro atoms. The minimum atomic E-state index is 0.767. The Balaban J connectivity index is 1.28. The van der Waals surface area contributed by atoms with E-state index in [9.17, 15) is 0 Å². The Kier molecular flexibility index (Phi) is 4.04. The molecular weight excluding hydrogens is 354 g/mol. The van der Waals surface area contributed by atoms with Gasteiger partial charge in [-0.15, -0.1) is 25.5 Å². The third kappa shape index (κ3) is 3.00. The first-order valence-corrected chi connectivity index (χ1v) is 9.21. The molecule has 0 aliphatic carbocycles. The van der Waals surface area contributed by atoms with Crippen molar-refractivity contribution >= 4 is 17.3 Å². The topological polar surface area (TPSA) is 88.2 Å². The van der Waals surface area contributed by atoms with Crippen LogP contribution in [0, 0.1) is 6.92 Å². The first kappa shape index (κ1) is 16.5. The Morgan fingerprint density at radius 1 is 0.786 bits per heavy atom. The molecule has 5 heterocycles. The van der Waals surface area contributed by atoms with Gasteiger partial charge in [-0.25, -0.2) is 0 Å². The van der Waals surface area contributed by atoms with Crippen LogP contribution in [0.25, 0.3) is 16.9 Å². The molecule has 1 fully saturated rings. The van der Waals surface area contributed by atoms with E-state index in [1.165, 1.54) is 0 Å². The highest BCUT2D eigenvalue weighted by atomic mass is 15.4. The summed E-state index contributed by atoms with van der Waals surface area (Å²) in [5.41, 5.74) is 2.57. The molecule has 9 nitrogen and oxygen atoms in total. The van der Waals surface area contributed by atoms with E-state index in [0.717, 1.165) is 60.5 Å². The fourth-order valence-corrected chi connectivity index (χ4v) is 3.38. The zero-order chi connectivity index (χ0) is 18.9. The number of aryl methyl sites for hydroxylation is 1. The summed E-state index contributed by atoms with van der Waals surface area (Å²) < 4.78 is 1.78. The molecule has 0 bridgehead atoms. The number of nitrogens with zero attached hydrogens (tertiary/aromatic N) is 9. The van der Waals surface area contributed by atoms with Gasteiger partial charge in [-0.05, 0) is 43.3 Å². The lowest BCUT2D eigenvalue weighted by Gasteiger charge is -2.35. The first-order valence-electron chi connectivity index (χ1n) is 9.21. The molecule has 1 aliphatic rings. The van der Waals surface area contributed by atoms with Crippen LogP contribution in [0.2, 0.25) is 0 Å². The molecule has 0 radical (unpaired) electrons. The second kappa shape index (κ2) is 6.84. The van der Waals surface area contributed by atoms with Crippen molar-refractivity contribution in [1.82, 2.24) is 35.0 Å². The standard InChI is InChI=1S/C19H19N9/c1-14-21-24-18-6-7-19(25-28(14)18)27-11-9-26(10-12-27)17-5-4-16(22-23-17)15-3-2-8-20-13-15/h2-8,13H,9-12H2,1H3. The van der Waals surface area contributed by atoms with E-state index in [1.54, 1.807) is 16.9 Å². The quantitative estimate of drug-likeness (QED) is 0.535. The van der Waals surface area contributed by atoms with Gasteiger partial charge in [0.15, 0.2) is 17.3 Å². The van der Waals surface area contributed by atoms with Gasteiger partial charge in [0.25, 0.3) is 0 Å². The zero-order valence-electron chi connectivity index (χ0n) is 15.5. The van der Waals surface area contributed by atoms with E-state index >= 15 is 0 Å². The third-order valence-corrected chi connectivity index (χ3v) is 4.94. The van der Waals surface area contributed by atoms with E-state index in [1.807, 2.05) is 43.3 Å². The fraction of sp³-hybridized carbons (Fsp3) is 0.263. The van der Waals surface area contributed by atoms with Crippen LogP contribution < -0.4 is 9.80 Å². The molecule has 140 valence electrons. The molecule has 0 N–H and O–H groups in total. The number of aromatic nitrogens is 7. The highest BCUT2D eigenvalue weighted by Gasteiger charge is 2.20. The predicted molar refractivity (Wildman–Crippen MR) is 105 cm³/mol. The molecule has 1 saturated heterocycles. The molecule has 0 saturated carbocycles. The van der Waals surface area contributed by atoms with Crippen LogP contribution in [0.4, 0.5) is 11.6 Å². The first-order chi connectivity index (χ1) is 13.8. The molecule has 28 heavy (non-hydrogen) atoms. The van der Waals surface area contributed by atoms with E-state index in [-0.39, 0.29) is 0 Å². The normalized spacial score (nSPS) is 14.6. The van der Waals surface area contributed by atoms with Crippen LogP contribution in [0.5, 0.6) is 0 Å². The maximum atomic E-state index is 4.67. The van der Waals surface area contributed by atoms with Crippen molar-refractivity contribution < 1.29 is 0 Å². The molecule has 9 heteroatoms. The van der Waals surface area contributed by atoms with Crippen molar-refractivity contribution in [3.8, 4) is 11.3 Å². The van der Waals surface area contributed by atoms with E-state index in [0.29, 0.717) is 0 Å². The average molecular weight is 373 g/mol. The highest BCUT2D eigenvalue weighted by Crippen LogP contribution is 2.20. The average Bonchev–Trinajstić information content (AvgIpc) is 3.15. The minimum absolute atomic E-state index is 0.767. The smallest absolute Gasteiger partial charge is 0.178 e. The summed E-state index contributed by atoms with van der Waals surface area (Å²) in [6.07, 6.45) is 3.55. The van der Waals surface area contributed by atoms with Gasteiger partial charge in [-0.3, -0.25) is 4.98 Å². The van der Waals surface area contributed by atoms with Crippen LogP contribution in [0.15, 0.2) is 48.8 Å². The zero-order valence-corrected chi connectivity index (χ0v) is 15.5. The van der Waals surface area contributed by atoms with Crippen molar-refractivity contribution in [3.63, 3.8) is 0 Å². The van der Waals surface area contributed by atoms with Gasteiger partial charge in [0.1, 0.15) is 5.82 Å². The van der Waals surface area contributed by atoms with Gasteiger partial charge in [-0.1, -0.05) is 0 Å². The van der Waals surface area contributed by atoms with E-state index < -0.39 is 0 Å². The number of piperazine rings is 1.